The minimum Gasteiger partial charge on any atom is -0.508 e. The highest BCUT2D eigenvalue weighted by atomic mass is 79.9. The van der Waals surface area contributed by atoms with Crippen molar-refractivity contribution in [3.63, 3.8) is 0 Å². The van der Waals surface area contributed by atoms with E-state index in [0.717, 1.165) is 15.8 Å². The maximum absolute atomic E-state index is 12.4. The second-order valence-electron chi connectivity index (χ2n) is 5.33. The van der Waals surface area contributed by atoms with Gasteiger partial charge in [0.1, 0.15) is 10.6 Å². The standard InChI is InChI=1S/C17H9BrN2O3S2/c18-8-4-5-11-12(6-8)19-15(22)13(11)14-16(23)20(17(24)25-14)9-2-1-3-10(21)7-9/h1-7,21,23H. The molecule has 124 valence electrons. The molecule has 0 unspecified atom stereocenters. The van der Waals surface area contributed by atoms with Crippen LogP contribution in [0, 0.1) is 3.95 Å². The summed E-state index contributed by atoms with van der Waals surface area (Å²) in [4.78, 5) is 16.8. The van der Waals surface area contributed by atoms with E-state index in [0.29, 0.717) is 30.7 Å². The first-order valence-electron chi connectivity index (χ1n) is 7.13. The fraction of sp³-hybridized carbons (Fsp3) is 0. The maximum Gasteiger partial charge on any atom is 0.279 e. The summed E-state index contributed by atoms with van der Waals surface area (Å²) in [5.74, 6) is -0.501. The van der Waals surface area contributed by atoms with Crippen molar-refractivity contribution in [1.82, 2.24) is 4.57 Å². The number of aromatic hydroxyl groups is 2. The Morgan fingerprint density at radius 1 is 1.16 bits per heavy atom. The van der Waals surface area contributed by atoms with E-state index in [1.54, 1.807) is 24.3 Å². The Kier molecular flexibility index (Phi) is 3.82. The molecule has 2 aromatic carbocycles. The summed E-state index contributed by atoms with van der Waals surface area (Å²) in [5, 5.41) is 21.6. The van der Waals surface area contributed by atoms with Crippen molar-refractivity contribution in [1.29, 1.82) is 0 Å². The third kappa shape index (κ3) is 2.62. The summed E-state index contributed by atoms with van der Waals surface area (Å²) in [6.45, 7) is 0. The van der Waals surface area contributed by atoms with Gasteiger partial charge in [-0.05, 0) is 36.5 Å². The van der Waals surface area contributed by atoms with Crippen molar-refractivity contribution in [2.45, 2.75) is 0 Å². The summed E-state index contributed by atoms with van der Waals surface area (Å²) in [7, 11) is 0. The maximum atomic E-state index is 12.4. The van der Waals surface area contributed by atoms with Gasteiger partial charge in [-0.15, -0.1) is 11.3 Å². The van der Waals surface area contributed by atoms with Gasteiger partial charge in [0.05, 0.1) is 16.6 Å². The Bertz CT molecular complexity index is 1230. The Morgan fingerprint density at radius 3 is 2.72 bits per heavy atom. The van der Waals surface area contributed by atoms with Gasteiger partial charge in [-0.25, -0.2) is 4.99 Å². The third-order valence-corrected chi connectivity index (χ3v) is 5.64. The summed E-state index contributed by atoms with van der Waals surface area (Å²) < 4.78 is 2.61. The first kappa shape index (κ1) is 16.2. The van der Waals surface area contributed by atoms with Crippen molar-refractivity contribution in [3.05, 3.63) is 66.3 Å². The van der Waals surface area contributed by atoms with E-state index in [4.69, 9.17) is 12.2 Å². The van der Waals surface area contributed by atoms with Crippen LogP contribution < -0.4 is 10.6 Å². The third-order valence-electron chi connectivity index (χ3n) is 3.77. The fourth-order valence-electron chi connectivity index (χ4n) is 2.70. The molecule has 4 rings (SSSR count). The summed E-state index contributed by atoms with van der Waals surface area (Å²) in [5.41, 5.74) is 0.846. The zero-order valence-corrected chi connectivity index (χ0v) is 15.7. The Balaban J connectivity index is 2.01. The number of thiazole rings is 1. The molecule has 0 fully saturated rings. The quantitative estimate of drug-likeness (QED) is 0.610. The SMILES string of the molecule is O=C1N=c2cc(Br)ccc2=C1c1sc(=S)n(-c2cccc(O)c2)c1O. The molecule has 0 saturated heterocycles. The molecule has 1 amide bonds. The number of fused-ring (bicyclic) bond motifs is 1. The van der Waals surface area contributed by atoms with Gasteiger partial charge in [0.2, 0.25) is 5.88 Å². The van der Waals surface area contributed by atoms with Crippen LogP contribution in [0.5, 0.6) is 11.6 Å². The van der Waals surface area contributed by atoms with E-state index in [2.05, 4.69) is 20.9 Å². The smallest absolute Gasteiger partial charge is 0.279 e. The number of rotatable bonds is 2. The number of phenols is 1. The fourth-order valence-corrected chi connectivity index (χ4v) is 4.43. The van der Waals surface area contributed by atoms with Gasteiger partial charge in [-0.3, -0.25) is 9.36 Å². The molecule has 8 heteroatoms. The molecule has 25 heavy (non-hydrogen) atoms. The summed E-state index contributed by atoms with van der Waals surface area (Å²) >= 11 is 9.84. The zero-order valence-electron chi connectivity index (χ0n) is 12.4. The molecule has 0 aliphatic carbocycles. The lowest BCUT2D eigenvalue weighted by Gasteiger charge is -2.05. The number of carbonyl (C=O) groups is 1. The Morgan fingerprint density at radius 2 is 1.96 bits per heavy atom. The molecule has 0 bridgehead atoms. The van der Waals surface area contributed by atoms with Crippen LogP contribution in [0.1, 0.15) is 4.88 Å². The van der Waals surface area contributed by atoms with Crippen molar-refractivity contribution in [2.24, 2.45) is 4.99 Å². The molecular weight excluding hydrogens is 424 g/mol. The van der Waals surface area contributed by atoms with Crippen molar-refractivity contribution < 1.29 is 15.0 Å². The van der Waals surface area contributed by atoms with Crippen molar-refractivity contribution in [2.75, 3.05) is 0 Å². The van der Waals surface area contributed by atoms with Crippen LogP contribution in [0.25, 0.3) is 11.3 Å². The number of hydrogen-bond acceptors (Lipinski definition) is 5. The molecule has 1 aromatic heterocycles. The lowest BCUT2D eigenvalue weighted by atomic mass is 10.1. The first-order valence-corrected chi connectivity index (χ1v) is 9.15. The number of amides is 1. The van der Waals surface area contributed by atoms with Crippen LogP contribution in [0.15, 0.2) is 51.9 Å². The van der Waals surface area contributed by atoms with Crippen molar-refractivity contribution in [3.8, 4) is 17.3 Å². The van der Waals surface area contributed by atoms with Crippen LogP contribution in [-0.4, -0.2) is 20.7 Å². The van der Waals surface area contributed by atoms with Crippen LogP contribution in [0.4, 0.5) is 0 Å². The van der Waals surface area contributed by atoms with Crippen LogP contribution >= 0.6 is 39.5 Å². The average molecular weight is 433 g/mol. The van der Waals surface area contributed by atoms with E-state index in [9.17, 15) is 15.0 Å². The number of nitrogens with zero attached hydrogens (tertiary/aromatic N) is 2. The molecule has 0 saturated carbocycles. The number of aromatic nitrogens is 1. The second kappa shape index (κ2) is 5.91. The van der Waals surface area contributed by atoms with Gasteiger partial charge in [-0.2, -0.15) is 0 Å². The topological polar surface area (TPSA) is 74.8 Å². The monoisotopic (exact) mass is 432 g/mol. The summed E-state index contributed by atoms with van der Waals surface area (Å²) in [6, 6.07) is 11.7. The van der Waals surface area contributed by atoms with Crippen molar-refractivity contribution >= 4 is 51.0 Å². The predicted molar refractivity (Wildman–Crippen MR) is 100 cm³/mol. The molecule has 2 heterocycles. The molecule has 1 aliphatic heterocycles. The molecule has 5 nitrogen and oxygen atoms in total. The lowest BCUT2D eigenvalue weighted by molar-refractivity contribution is -0.112. The number of phenolic OH excluding ortho intramolecular Hbond substituents is 1. The van der Waals surface area contributed by atoms with Crippen LogP contribution in [0.2, 0.25) is 0 Å². The Hall–Kier alpha value is -2.29. The van der Waals surface area contributed by atoms with Gasteiger partial charge in [0.15, 0.2) is 3.95 Å². The number of benzene rings is 2. The van der Waals surface area contributed by atoms with Crippen LogP contribution in [-0.2, 0) is 4.79 Å². The minimum absolute atomic E-state index is 0.0568. The van der Waals surface area contributed by atoms with E-state index < -0.39 is 5.91 Å². The molecule has 2 N–H and O–H groups in total. The molecule has 0 radical (unpaired) electrons. The van der Waals surface area contributed by atoms with E-state index in [1.165, 1.54) is 16.7 Å². The highest BCUT2D eigenvalue weighted by Crippen LogP contribution is 2.35. The highest BCUT2D eigenvalue weighted by Gasteiger charge is 2.25. The average Bonchev–Trinajstić information content (AvgIpc) is 3.02. The van der Waals surface area contributed by atoms with E-state index >= 15 is 0 Å². The largest absolute Gasteiger partial charge is 0.508 e. The molecule has 0 atom stereocenters. The van der Waals surface area contributed by atoms with Gasteiger partial charge >= 0.3 is 0 Å². The highest BCUT2D eigenvalue weighted by molar-refractivity contribution is 9.10. The van der Waals surface area contributed by atoms with Gasteiger partial charge in [0, 0.05) is 15.8 Å². The number of carbonyl (C=O) groups excluding carboxylic acids is 1. The summed E-state index contributed by atoms with van der Waals surface area (Å²) in [6.07, 6.45) is 0. The molecule has 3 aromatic rings. The normalized spacial score (nSPS) is 13.0. The van der Waals surface area contributed by atoms with Crippen LogP contribution in [0.3, 0.4) is 0 Å². The van der Waals surface area contributed by atoms with Gasteiger partial charge in [-0.1, -0.05) is 28.1 Å². The lowest BCUT2D eigenvalue weighted by Crippen LogP contribution is -2.22. The van der Waals surface area contributed by atoms with E-state index in [1.807, 2.05) is 6.07 Å². The number of halogens is 1. The molecule has 1 aliphatic rings. The number of hydrogen-bond donors (Lipinski definition) is 2. The van der Waals surface area contributed by atoms with E-state index in [-0.39, 0.29) is 11.6 Å². The first-order chi connectivity index (χ1) is 12.0. The molecular formula is C17H9BrN2O3S2. The molecule has 0 spiro atoms. The van der Waals surface area contributed by atoms with Gasteiger partial charge < -0.3 is 10.2 Å². The second-order valence-corrected chi connectivity index (χ2v) is 7.89. The zero-order chi connectivity index (χ0) is 17.7. The minimum atomic E-state index is -0.414. The Labute approximate surface area is 159 Å². The van der Waals surface area contributed by atoms with Gasteiger partial charge in [0.25, 0.3) is 5.91 Å². The predicted octanol–water partition coefficient (Wildman–Crippen LogP) is 2.80.